The first kappa shape index (κ1) is 13.9. The number of nitrogens with two attached hydrogens (primary N) is 1. The van der Waals surface area contributed by atoms with E-state index in [1.807, 2.05) is 20.8 Å². The van der Waals surface area contributed by atoms with Crippen LogP contribution in [0, 0.1) is 5.41 Å². The van der Waals surface area contributed by atoms with Crippen LogP contribution in [0.25, 0.3) is 0 Å². The number of rotatable bonds is 5. The van der Waals surface area contributed by atoms with Gasteiger partial charge in [0, 0.05) is 19.0 Å². The summed E-state index contributed by atoms with van der Waals surface area (Å²) in [6.07, 6.45) is 0.159. The Kier molecular flexibility index (Phi) is 5.28. The van der Waals surface area contributed by atoms with Gasteiger partial charge in [-0.25, -0.2) is 0 Å². The average Bonchev–Trinajstić information content (AvgIpc) is 2.00. The Labute approximate surface area is 90.0 Å². The predicted octanol–water partition coefficient (Wildman–Crippen LogP) is 0.341. The molecule has 4 N–H and O–H groups in total. The Bertz CT molecular complexity index is 233. The fraction of sp³-hybridized carbons (Fsp3) is 0.800. The summed E-state index contributed by atoms with van der Waals surface area (Å²) in [6.45, 7) is 5.95. The molecule has 0 bridgehead atoms. The quantitative estimate of drug-likeness (QED) is 0.618. The maximum Gasteiger partial charge on any atom is 0.305 e. The van der Waals surface area contributed by atoms with Gasteiger partial charge >= 0.3 is 5.97 Å². The molecule has 0 aliphatic carbocycles. The molecule has 0 spiro atoms. The molecule has 0 aromatic rings. The van der Waals surface area contributed by atoms with Crippen LogP contribution in [0.15, 0.2) is 0 Å². The Balaban J connectivity index is 4.38. The van der Waals surface area contributed by atoms with Crippen LogP contribution in [-0.4, -0.2) is 29.6 Å². The molecule has 0 aromatic carbocycles. The number of carboxylic acid groups (broad SMARTS) is 1. The third-order valence-electron chi connectivity index (χ3n) is 2.13. The summed E-state index contributed by atoms with van der Waals surface area (Å²) in [5.74, 6) is -1.11. The number of nitrogens with one attached hydrogen (secondary N) is 1. The van der Waals surface area contributed by atoms with Gasteiger partial charge in [0.2, 0.25) is 5.91 Å². The number of carboxylic acids is 1. The maximum atomic E-state index is 11.3. The van der Waals surface area contributed by atoms with Crippen molar-refractivity contribution in [3.63, 3.8) is 0 Å². The Morgan fingerprint density at radius 2 is 1.93 bits per heavy atom. The van der Waals surface area contributed by atoms with Crippen molar-refractivity contribution in [3.8, 4) is 0 Å². The zero-order valence-electron chi connectivity index (χ0n) is 9.54. The lowest BCUT2D eigenvalue weighted by Gasteiger charge is -2.30. The molecule has 0 aliphatic rings. The van der Waals surface area contributed by atoms with E-state index in [2.05, 4.69) is 5.32 Å². The maximum absolute atomic E-state index is 11.3. The minimum Gasteiger partial charge on any atom is -0.481 e. The highest BCUT2D eigenvalue weighted by Crippen LogP contribution is 2.21. The summed E-state index contributed by atoms with van der Waals surface area (Å²) in [4.78, 5) is 21.9. The zero-order valence-corrected chi connectivity index (χ0v) is 9.54. The number of amides is 1. The summed E-state index contributed by atoms with van der Waals surface area (Å²) < 4.78 is 0. The number of carbonyl (C=O) groups excluding carboxylic acids is 1. The normalized spacial score (nSPS) is 13.3. The fourth-order valence-electron chi connectivity index (χ4n) is 1.15. The van der Waals surface area contributed by atoms with E-state index in [1.54, 1.807) is 0 Å². The highest BCUT2D eigenvalue weighted by molar-refractivity contribution is 5.77. The number of aliphatic carboxylic acids is 1. The molecule has 1 atom stereocenters. The van der Waals surface area contributed by atoms with Crippen molar-refractivity contribution in [2.24, 2.45) is 11.1 Å². The molecule has 1 amide bonds. The standard InChI is InChI=1S/C10H20N2O3/c1-10(2,3)7(6-9(14)15)12-8(13)4-5-11/h7H,4-6,11H2,1-3H3,(H,12,13)(H,14,15). The fourth-order valence-corrected chi connectivity index (χ4v) is 1.15. The van der Waals surface area contributed by atoms with Gasteiger partial charge in [0.15, 0.2) is 0 Å². The molecule has 5 heteroatoms. The number of hydrogen-bond donors (Lipinski definition) is 3. The van der Waals surface area contributed by atoms with E-state index in [0.717, 1.165) is 0 Å². The van der Waals surface area contributed by atoms with Crippen LogP contribution in [0.2, 0.25) is 0 Å². The molecule has 0 saturated heterocycles. The van der Waals surface area contributed by atoms with E-state index in [4.69, 9.17) is 10.8 Å². The Morgan fingerprint density at radius 1 is 1.40 bits per heavy atom. The van der Waals surface area contributed by atoms with Crippen molar-refractivity contribution in [3.05, 3.63) is 0 Å². The van der Waals surface area contributed by atoms with Gasteiger partial charge < -0.3 is 16.2 Å². The lowest BCUT2D eigenvalue weighted by atomic mass is 9.84. The highest BCUT2D eigenvalue weighted by Gasteiger charge is 2.27. The molecule has 0 aromatic heterocycles. The molecule has 0 rings (SSSR count). The van der Waals surface area contributed by atoms with Crippen molar-refractivity contribution in [2.45, 2.75) is 39.7 Å². The van der Waals surface area contributed by atoms with Crippen LogP contribution in [0.5, 0.6) is 0 Å². The van der Waals surface area contributed by atoms with E-state index in [0.29, 0.717) is 0 Å². The molecule has 0 radical (unpaired) electrons. The van der Waals surface area contributed by atoms with Crippen LogP contribution in [0.4, 0.5) is 0 Å². The molecular weight excluding hydrogens is 196 g/mol. The van der Waals surface area contributed by atoms with Gasteiger partial charge in [-0.15, -0.1) is 0 Å². The monoisotopic (exact) mass is 216 g/mol. The van der Waals surface area contributed by atoms with Crippen LogP contribution < -0.4 is 11.1 Å². The van der Waals surface area contributed by atoms with Crippen molar-refractivity contribution in [2.75, 3.05) is 6.54 Å². The van der Waals surface area contributed by atoms with Crippen LogP contribution in [-0.2, 0) is 9.59 Å². The molecule has 0 saturated carbocycles. The van der Waals surface area contributed by atoms with Gasteiger partial charge in [0.1, 0.15) is 0 Å². The highest BCUT2D eigenvalue weighted by atomic mass is 16.4. The molecule has 0 fully saturated rings. The SMILES string of the molecule is CC(C)(C)C(CC(=O)O)NC(=O)CCN. The van der Waals surface area contributed by atoms with Gasteiger partial charge in [0.05, 0.1) is 6.42 Å². The molecular formula is C10H20N2O3. The van der Waals surface area contributed by atoms with E-state index in [1.165, 1.54) is 0 Å². The predicted molar refractivity (Wildman–Crippen MR) is 57.3 cm³/mol. The van der Waals surface area contributed by atoms with E-state index in [9.17, 15) is 9.59 Å². The van der Waals surface area contributed by atoms with Gasteiger partial charge in [-0.3, -0.25) is 9.59 Å². The Morgan fingerprint density at radius 3 is 2.27 bits per heavy atom. The van der Waals surface area contributed by atoms with Gasteiger partial charge in [-0.2, -0.15) is 0 Å². The van der Waals surface area contributed by atoms with Crippen molar-refractivity contribution in [1.29, 1.82) is 0 Å². The van der Waals surface area contributed by atoms with Crippen molar-refractivity contribution >= 4 is 11.9 Å². The van der Waals surface area contributed by atoms with Gasteiger partial charge in [-0.05, 0) is 5.41 Å². The minimum atomic E-state index is -0.914. The average molecular weight is 216 g/mol. The van der Waals surface area contributed by atoms with Gasteiger partial charge in [0.25, 0.3) is 0 Å². The topological polar surface area (TPSA) is 92.4 Å². The summed E-state index contributed by atoms with van der Waals surface area (Å²) in [5, 5.41) is 11.4. The third kappa shape index (κ3) is 6.06. The van der Waals surface area contributed by atoms with E-state index < -0.39 is 5.97 Å². The second-order valence-electron chi connectivity index (χ2n) is 4.62. The first-order valence-corrected chi connectivity index (χ1v) is 4.98. The zero-order chi connectivity index (χ0) is 12.1. The molecule has 88 valence electrons. The summed E-state index contributed by atoms with van der Waals surface area (Å²) >= 11 is 0. The van der Waals surface area contributed by atoms with E-state index >= 15 is 0 Å². The molecule has 0 aliphatic heterocycles. The lowest BCUT2D eigenvalue weighted by Crippen LogP contribution is -2.45. The number of carbonyl (C=O) groups is 2. The minimum absolute atomic E-state index is 0.0696. The first-order chi connectivity index (χ1) is 6.77. The second-order valence-corrected chi connectivity index (χ2v) is 4.62. The molecule has 0 heterocycles. The van der Waals surface area contributed by atoms with Gasteiger partial charge in [-0.1, -0.05) is 20.8 Å². The summed E-state index contributed by atoms with van der Waals surface area (Å²) in [6, 6.07) is -0.367. The molecule has 1 unspecified atom stereocenters. The lowest BCUT2D eigenvalue weighted by molar-refractivity contribution is -0.138. The smallest absolute Gasteiger partial charge is 0.305 e. The van der Waals surface area contributed by atoms with Crippen LogP contribution in [0.1, 0.15) is 33.6 Å². The largest absolute Gasteiger partial charge is 0.481 e. The van der Waals surface area contributed by atoms with Crippen LogP contribution in [0.3, 0.4) is 0 Å². The van der Waals surface area contributed by atoms with Crippen LogP contribution >= 0.6 is 0 Å². The summed E-state index contributed by atoms with van der Waals surface area (Å²) in [7, 11) is 0. The first-order valence-electron chi connectivity index (χ1n) is 4.98. The van der Waals surface area contributed by atoms with E-state index in [-0.39, 0.29) is 36.8 Å². The number of hydrogen-bond acceptors (Lipinski definition) is 3. The Hall–Kier alpha value is -1.10. The molecule has 5 nitrogen and oxygen atoms in total. The third-order valence-corrected chi connectivity index (χ3v) is 2.13. The van der Waals surface area contributed by atoms with Crippen molar-refractivity contribution in [1.82, 2.24) is 5.32 Å². The summed E-state index contributed by atoms with van der Waals surface area (Å²) in [5.41, 5.74) is 4.96. The van der Waals surface area contributed by atoms with Crippen molar-refractivity contribution < 1.29 is 14.7 Å². The second kappa shape index (κ2) is 5.70. The molecule has 15 heavy (non-hydrogen) atoms.